The van der Waals surface area contributed by atoms with Crippen molar-refractivity contribution in [1.82, 2.24) is 0 Å². The third-order valence-corrected chi connectivity index (χ3v) is 3.72. The number of nitrogens with zero attached hydrogens (tertiary/aromatic N) is 2. The number of aromatic hydroxyl groups is 1. The van der Waals surface area contributed by atoms with Crippen LogP contribution in [0.2, 0.25) is 0 Å². The lowest BCUT2D eigenvalue weighted by molar-refractivity contribution is -0.652. The molecule has 7 heteroatoms. The van der Waals surface area contributed by atoms with Gasteiger partial charge < -0.3 is 14.3 Å². The Morgan fingerprint density at radius 1 is 1.08 bits per heavy atom. The van der Waals surface area contributed by atoms with E-state index in [2.05, 4.69) is 0 Å². The molecule has 0 saturated heterocycles. The van der Waals surface area contributed by atoms with Crippen molar-refractivity contribution in [3.8, 4) is 34.4 Å². The highest BCUT2D eigenvalue weighted by atomic mass is 16.6. The molecule has 2 aromatic carbocycles. The van der Waals surface area contributed by atoms with E-state index in [-0.39, 0.29) is 11.6 Å². The molecule has 3 rings (SSSR count). The quantitative estimate of drug-likeness (QED) is 0.452. The first-order valence-corrected chi connectivity index (χ1v) is 7.12. The molecule has 3 aromatic rings. The molecule has 0 amide bonds. The third-order valence-electron chi connectivity index (χ3n) is 3.72. The fourth-order valence-electron chi connectivity index (χ4n) is 2.50. The van der Waals surface area contributed by atoms with Gasteiger partial charge in [-0.05, 0) is 36.4 Å². The molecule has 0 fully saturated rings. The molecule has 0 spiro atoms. The van der Waals surface area contributed by atoms with Crippen LogP contribution >= 0.6 is 0 Å². The number of hydrogen-bond donors (Lipinski definition) is 1. The Hall–Kier alpha value is -3.35. The van der Waals surface area contributed by atoms with E-state index in [1.54, 1.807) is 43.0 Å². The Morgan fingerprint density at radius 2 is 1.67 bits per heavy atom. The first-order chi connectivity index (χ1) is 11.5. The largest absolute Gasteiger partial charge is 0.497 e. The van der Waals surface area contributed by atoms with Gasteiger partial charge in [-0.3, -0.25) is 10.1 Å². The van der Waals surface area contributed by atoms with E-state index in [1.807, 2.05) is 12.1 Å². The summed E-state index contributed by atoms with van der Waals surface area (Å²) in [7, 11) is 3.33. The van der Waals surface area contributed by atoms with Crippen molar-refractivity contribution >= 4 is 5.69 Å². The maximum Gasteiger partial charge on any atom is 0.383 e. The van der Waals surface area contributed by atoms with Crippen LogP contribution in [-0.4, -0.2) is 17.1 Å². The zero-order valence-electron chi connectivity index (χ0n) is 13.1. The Balaban J connectivity index is 2.04. The first-order valence-electron chi connectivity index (χ1n) is 7.12. The standard InChI is InChI=1S/C17H14N2O5/c1-18-15(11-3-7-13(8-4-11)19(21)22)17(20)24-16(18)12-5-9-14(23-2)10-6-12/h3-10H,1-2H3/p+1. The molecule has 0 saturated carbocycles. The van der Waals surface area contributed by atoms with Gasteiger partial charge >= 0.3 is 11.8 Å². The van der Waals surface area contributed by atoms with Gasteiger partial charge in [0.25, 0.3) is 11.4 Å². The maximum atomic E-state index is 10.7. The van der Waals surface area contributed by atoms with Crippen molar-refractivity contribution in [1.29, 1.82) is 0 Å². The second-order valence-electron chi connectivity index (χ2n) is 5.15. The van der Waals surface area contributed by atoms with Crippen LogP contribution < -0.4 is 9.30 Å². The van der Waals surface area contributed by atoms with Crippen LogP contribution in [0.4, 0.5) is 5.69 Å². The summed E-state index contributed by atoms with van der Waals surface area (Å²) >= 11 is 0. The number of ether oxygens (including phenoxy) is 1. The van der Waals surface area contributed by atoms with Gasteiger partial charge in [-0.1, -0.05) is 0 Å². The molecule has 1 aromatic heterocycles. The lowest BCUT2D eigenvalue weighted by Gasteiger charge is -1.99. The van der Waals surface area contributed by atoms with Crippen LogP contribution in [0.3, 0.4) is 0 Å². The third kappa shape index (κ3) is 2.67. The number of nitro benzene ring substituents is 1. The zero-order chi connectivity index (χ0) is 17.3. The number of methoxy groups -OCH3 is 1. The van der Waals surface area contributed by atoms with Crippen LogP contribution in [0.15, 0.2) is 52.9 Å². The smallest absolute Gasteiger partial charge is 0.383 e. The molecule has 1 heterocycles. The highest BCUT2D eigenvalue weighted by Gasteiger charge is 2.28. The van der Waals surface area contributed by atoms with Crippen molar-refractivity contribution in [2.75, 3.05) is 7.11 Å². The van der Waals surface area contributed by atoms with Crippen LogP contribution in [0.25, 0.3) is 22.7 Å². The van der Waals surface area contributed by atoms with Gasteiger partial charge in [-0.25, -0.2) is 0 Å². The van der Waals surface area contributed by atoms with E-state index in [0.717, 1.165) is 5.56 Å². The average Bonchev–Trinajstić information content (AvgIpc) is 2.89. The Labute approximate surface area is 137 Å². The van der Waals surface area contributed by atoms with Crippen molar-refractivity contribution in [2.45, 2.75) is 0 Å². The SMILES string of the molecule is COc1ccc(-c2oc(O)c(-c3ccc([N+](=O)[O-])cc3)[n+]2C)cc1. The monoisotopic (exact) mass is 327 g/mol. The lowest BCUT2D eigenvalue weighted by Crippen LogP contribution is -2.30. The Bertz CT molecular complexity index is 883. The molecule has 0 atom stereocenters. The van der Waals surface area contributed by atoms with Gasteiger partial charge in [0, 0.05) is 12.1 Å². The van der Waals surface area contributed by atoms with E-state index in [4.69, 9.17) is 9.15 Å². The molecule has 0 aliphatic rings. The van der Waals surface area contributed by atoms with Gasteiger partial charge in [0.05, 0.1) is 23.2 Å². The first kappa shape index (κ1) is 15.5. The Morgan fingerprint density at radius 3 is 2.21 bits per heavy atom. The molecule has 1 N–H and O–H groups in total. The maximum absolute atomic E-state index is 10.7. The summed E-state index contributed by atoms with van der Waals surface area (Å²) in [5, 5.41) is 20.9. The number of benzene rings is 2. The average molecular weight is 327 g/mol. The van der Waals surface area contributed by atoms with Crippen molar-refractivity contribution in [3.63, 3.8) is 0 Å². The van der Waals surface area contributed by atoms with Crippen LogP contribution in [0.5, 0.6) is 11.7 Å². The van der Waals surface area contributed by atoms with E-state index in [1.165, 1.54) is 12.1 Å². The van der Waals surface area contributed by atoms with E-state index in [0.29, 0.717) is 22.9 Å². The molecule has 0 aliphatic heterocycles. The van der Waals surface area contributed by atoms with E-state index >= 15 is 0 Å². The summed E-state index contributed by atoms with van der Waals surface area (Å²) in [6, 6.07) is 13.1. The van der Waals surface area contributed by atoms with Gasteiger partial charge in [-0.15, -0.1) is 0 Å². The summed E-state index contributed by atoms with van der Waals surface area (Å²) in [6.45, 7) is 0. The van der Waals surface area contributed by atoms with Crippen LogP contribution in [0.1, 0.15) is 0 Å². The van der Waals surface area contributed by atoms with E-state index < -0.39 is 4.92 Å². The fraction of sp³-hybridized carbons (Fsp3) is 0.118. The predicted molar refractivity (Wildman–Crippen MR) is 85.6 cm³/mol. The summed E-state index contributed by atoms with van der Waals surface area (Å²) < 4.78 is 12.3. The highest BCUT2D eigenvalue weighted by Crippen LogP contribution is 2.32. The summed E-state index contributed by atoms with van der Waals surface area (Å²) in [4.78, 5) is 10.3. The molecule has 0 bridgehead atoms. The minimum Gasteiger partial charge on any atom is -0.497 e. The fourth-order valence-corrected chi connectivity index (χ4v) is 2.50. The predicted octanol–water partition coefficient (Wildman–Crippen LogP) is 3.06. The van der Waals surface area contributed by atoms with Crippen molar-refractivity contribution in [3.05, 3.63) is 58.6 Å². The number of rotatable bonds is 4. The zero-order valence-corrected chi connectivity index (χ0v) is 13.1. The molecule has 0 radical (unpaired) electrons. The van der Waals surface area contributed by atoms with Crippen molar-refractivity contribution < 1.29 is 23.8 Å². The Kier molecular flexibility index (Phi) is 3.91. The molecular formula is C17H15N2O5+. The topological polar surface area (TPSA) is 89.6 Å². The number of non-ortho nitro benzene ring substituents is 1. The number of aromatic nitrogens is 1. The van der Waals surface area contributed by atoms with Crippen LogP contribution in [0, 0.1) is 10.1 Å². The second kappa shape index (κ2) is 6.04. The molecule has 122 valence electrons. The summed E-state index contributed by atoms with van der Waals surface area (Å²) in [6.07, 6.45) is 0. The highest BCUT2D eigenvalue weighted by molar-refractivity contribution is 5.64. The van der Waals surface area contributed by atoms with Gasteiger partial charge in [0.2, 0.25) is 0 Å². The van der Waals surface area contributed by atoms with Gasteiger partial charge in [-0.2, -0.15) is 4.57 Å². The van der Waals surface area contributed by atoms with Gasteiger partial charge in [0.15, 0.2) is 0 Å². The summed E-state index contributed by atoms with van der Waals surface area (Å²) in [5.41, 5.74) is 1.81. The molecule has 0 unspecified atom stereocenters. The summed E-state index contributed by atoms with van der Waals surface area (Å²) in [5.74, 6) is 0.924. The lowest BCUT2D eigenvalue weighted by atomic mass is 10.1. The second-order valence-corrected chi connectivity index (χ2v) is 5.15. The minimum absolute atomic E-state index is 0.0141. The molecule has 7 nitrogen and oxygen atoms in total. The van der Waals surface area contributed by atoms with Gasteiger partial charge in [0.1, 0.15) is 12.8 Å². The molecule has 24 heavy (non-hydrogen) atoms. The number of oxazole rings is 1. The normalized spacial score (nSPS) is 10.6. The molecular weight excluding hydrogens is 312 g/mol. The molecule has 0 aliphatic carbocycles. The number of hydrogen-bond acceptors (Lipinski definition) is 5. The number of nitro groups is 1. The van der Waals surface area contributed by atoms with E-state index in [9.17, 15) is 15.2 Å². The minimum atomic E-state index is -0.470. The van der Waals surface area contributed by atoms with Crippen molar-refractivity contribution in [2.24, 2.45) is 7.05 Å². The van der Waals surface area contributed by atoms with Crippen LogP contribution in [-0.2, 0) is 7.05 Å².